The maximum absolute atomic E-state index is 12.2. The highest BCUT2D eigenvalue weighted by Gasteiger charge is 2.43. The van der Waals surface area contributed by atoms with Gasteiger partial charge in [0.25, 0.3) is 0 Å². The molecule has 1 aromatic carbocycles. The van der Waals surface area contributed by atoms with Gasteiger partial charge in [0.15, 0.2) is 0 Å². The van der Waals surface area contributed by atoms with Gasteiger partial charge in [-0.2, -0.15) is 0 Å². The minimum absolute atomic E-state index is 0.00777. The van der Waals surface area contributed by atoms with Crippen LogP contribution in [0.1, 0.15) is 5.56 Å². The molecule has 6 heteroatoms. The summed E-state index contributed by atoms with van der Waals surface area (Å²) in [7, 11) is 0. The normalized spacial score (nSPS) is 20.1. The number of hydrogen-bond acceptors (Lipinski definition) is 3. The monoisotopic (exact) mass is 309 g/mol. The molecule has 21 heavy (non-hydrogen) atoms. The molecule has 0 radical (unpaired) electrons. The van der Waals surface area contributed by atoms with Crippen LogP contribution >= 0.6 is 11.6 Å². The Hall–Kier alpha value is -1.30. The van der Waals surface area contributed by atoms with Crippen LogP contribution in [0.3, 0.4) is 0 Å². The molecule has 0 aliphatic carbocycles. The van der Waals surface area contributed by atoms with E-state index in [2.05, 4.69) is 10.6 Å². The number of morpholine rings is 1. The fraction of sp³-hybridized carbons (Fsp3) is 0.533. The van der Waals surface area contributed by atoms with Gasteiger partial charge in [-0.3, -0.25) is 0 Å². The molecule has 0 saturated carbocycles. The number of rotatable bonds is 3. The second-order valence-electron chi connectivity index (χ2n) is 5.67. The Labute approximate surface area is 129 Å². The second kappa shape index (κ2) is 6.22. The van der Waals surface area contributed by atoms with Gasteiger partial charge in [-0.15, -0.1) is 0 Å². The summed E-state index contributed by atoms with van der Waals surface area (Å²) in [5, 5.41) is 6.91. The van der Waals surface area contributed by atoms with Crippen molar-refractivity contribution in [3.63, 3.8) is 0 Å². The molecule has 0 bridgehead atoms. The van der Waals surface area contributed by atoms with Crippen LogP contribution in [-0.4, -0.2) is 55.9 Å². The van der Waals surface area contributed by atoms with E-state index >= 15 is 0 Å². The van der Waals surface area contributed by atoms with Crippen molar-refractivity contribution >= 4 is 17.6 Å². The van der Waals surface area contributed by atoms with Gasteiger partial charge in [-0.1, -0.05) is 23.7 Å². The van der Waals surface area contributed by atoms with Gasteiger partial charge >= 0.3 is 6.03 Å². The van der Waals surface area contributed by atoms with E-state index in [1.807, 2.05) is 29.2 Å². The average Bonchev–Trinajstić information content (AvgIpc) is 2.46. The van der Waals surface area contributed by atoms with Crippen molar-refractivity contribution in [2.24, 2.45) is 0 Å². The van der Waals surface area contributed by atoms with Gasteiger partial charge in [0.1, 0.15) is 5.60 Å². The van der Waals surface area contributed by atoms with Crippen molar-refractivity contribution in [1.82, 2.24) is 15.5 Å². The maximum atomic E-state index is 12.2. The average molecular weight is 310 g/mol. The number of urea groups is 1. The molecule has 2 aliphatic heterocycles. The molecule has 0 unspecified atom stereocenters. The summed E-state index contributed by atoms with van der Waals surface area (Å²) < 4.78 is 5.77. The molecule has 2 fully saturated rings. The van der Waals surface area contributed by atoms with Gasteiger partial charge < -0.3 is 20.3 Å². The Morgan fingerprint density at radius 3 is 3.05 bits per heavy atom. The minimum atomic E-state index is -0.150. The van der Waals surface area contributed by atoms with Gasteiger partial charge in [0.05, 0.1) is 13.2 Å². The molecule has 0 aromatic heterocycles. The van der Waals surface area contributed by atoms with Crippen LogP contribution in [0.15, 0.2) is 24.3 Å². The summed E-state index contributed by atoms with van der Waals surface area (Å²) in [6, 6.07) is 7.71. The van der Waals surface area contributed by atoms with Gasteiger partial charge in [0, 0.05) is 31.2 Å². The number of hydrogen-bond donors (Lipinski definition) is 2. The molecule has 2 amide bonds. The zero-order chi connectivity index (χ0) is 14.7. The van der Waals surface area contributed by atoms with E-state index in [0.29, 0.717) is 26.2 Å². The first kappa shape index (κ1) is 14.6. The fourth-order valence-electron chi connectivity index (χ4n) is 2.75. The van der Waals surface area contributed by atoms with Crippen LogP contribution in [0, 0.1) is 0 Å². The molecular formula is C15H20ClN3O2. The summed E-state index contributed by atoms with van der Waals surface area (Å²) in [5.74, 6) is 0. The first-order valence-electron chi connectivity index (χ1n) is 7.29. The Morgan fingerprint density at radius 2 is 2.33 bits per heavy atom. The molecule has 2 saturated heterocycles. The summed E-state index contributed by atoms with van der Waals surface area (Å²) in [6.45, 7) is 4.22. The van der Waals surface area contributed by atoms with E-state index in [1.54, 1.807) is 0 Å². The number of nitrogens with one attached hydrogen (secondary N) is 2. The molecule has 2 heterocycles. The third-order valence-corrected chi connectivity index (χ3v) is 4.24. The van der Waals surface area contributed by atoms with Crippen LogP contribution in [-0.2, 0) is 11.2 Å². The predicted molar refractivity (Wildman–Crippen MR) is 81.7 cm³/mol. The molecule has 1 aromatic rings. The molecule has 1 spiro atoms. The quantitative estimate of drug-likeness (QED) is 0.884. The van der Waals surface area contributed by atoms with E-state index in [0.717, 1.165) is 30.1 Å². The van der Waals surface area contributed by atoms with Crippen LogP contribution in [0.5, 0.6) is 0 Å². The molecule has 2 aliphatic rings. The Morgan fingerprint density at radius 1 is 1.48 bits per heavy atom. The van der Waals surface area contributed by atoms with Crippen molar-refractivity contribution < 1.29 is 9.53 Å². The number of benzene rings is 1. The number of amides is 2. The predicted octanol–water partition coefficient (Wildman–Crippen LogP) is 1.27. The van der Waals surface area contributed by atoms with E-state index < -0.39 is 0 Å². The standard InChI is InChI=1S/C15H20ClN3O2/c16-13-3-1-2-12(8-13)4-5-18-14(20)19-6-7-21-15(11-19)9-17-10-15/h1-3,8,17H,4-7,9-11H2,(H,18,20). The highest BCUT2D eigenvalue weighted by molar-refractivity contribution is 6.30. The Bertz CT molecular complexity index is 519. The minimum Gasteiger partial charge on any atom is -0.369 e. The number of carbonyl (C=O) groups is 1. The van der Waals surface area contributed by atoms with Crippen molar-refractivity contribution in [3.8, 4) is 0 Å². The highest BCUT2D eigenvalue weighted by Crippen LogP contribution is 2.22. The molecule has 5 nitrogen and oxygen atoms in total. The van der Waals surface area contributed by atoms with Crippen LogP contribution in [0.2, 0.25) is 5.02 Å². The van der Waals surface area contributed by atoms with E-state index in [-0.39, 0.29) is 11.6 Å². The number of nitrogens with zero attached hydrogens (tertiary/aromatic N) is 1. The highest BCUT2D eigenvalue weighted by atomic mass is 35.5. The lowest BCUT2D eigenvalue weighted by molar-refractivity contribution is -0.125. The summed E-state index contributed by atoms with van der Waals surface area (Å²) in [4.78, 5) is 14.0. The summed E-state index contributed by atoms with van der Waals surface area (Å²) in [5.41, 5.74) is 0.979. The van der Waals surface area contributed by atoms with Crippen LogP contribution in [0.25, 0.3) is 0 Å². The lowest BCUT2D eigenvalue weighted by Crippen LogP contribution is -2.70. The SMILES string of the molecule is O=C(NCCc1cccc(Cl)c1)N1CCOC2(CNC2)C1. The smallest absolute Gasteiger partial charge is 0.317 e. The van der Waals surface area contributed by atoms with E-state index in [4.69, 9.17) is 16.3 Å². The van der Waals surface area contributed by atoms with Gasteiger partial charge in [-0.05, 0) is 24.1 Å². The largest absolute Gasteiger partial charge is 0.369 e. The first-order chi connectivity index (χ1) is 10.2. The van der Waals surface area contributed by atoms with Gasteiger partial charge in [-0.25, -0.2) is 4.79 Å². The number of carbonyl (C=O) groups excluding carboxylic acids is 1. The van der Waals surface area contributed by atoms with Crippen LogP contribution < -0.4 is 10.6 Å². The Kier molecular flexibility index (Phi) is 4.33. The molecule has 2 N–H and O–H groups in total. The van der Waals surface area contributed by atoms with E-state index in [1.165, 1.54) is 0 Å². The molecule has 3 rings (SSSR count). The van der Waals surface area contributed by atoms with Gasteiger partial charge in [0.2, 0.25) is 0 Å². The van der Waals surface area contributed by atoms with Crippen molar-refractivity contribution in [2.45, 2.75) is 12.0 Å². The molecular weight excluding hydrogens is 290 g/mol. The molecule has 114 valence electrons. The third kappa shape index (κ3) is 3.48. The summed E-state index contributed by atoms with van der Waals surface area (Å²) >= 11 is 5.95. The zero-order valence-corrected chi connectivity index (χ0v) is 12.7. The zero-order valence-electron chi connectivity index (χ0n) is 11.9. The first-order valence-corrected chi connectivity index (χ1v) is 7.67. The number of ether oxygens (including phenoxy) is 1. The van der Waals surface area contributed by atoms with Crippen molar-refractivity contribution in [1.29, 1.82) is 0 Å². The maximum Gasteiger partial charge on any atom is 0.317 e. The lowest BCUT2D eigenvalue weighted by atomic mass is 9.95. The second-order valence-corrected chi connectivity index (χ2v) is 6.10. The summed E-state index contributed by atoms with van der Waals surface area (Å²) in [6.07, 6.45) is 0.781. The van der Waals surface area contributed by atoms with Crippen LogP contribution in [0.4, 0.5) is 4.79 Å². The molecule has 0 atom stereocenters. The number of halogens is 1. The van der Waals surface area contributed by atoms with Crippen molar-refractivity contribution in [2.75, 3.05) is 39.3 Å². The topological polar surface area (TPSA) is 53.6 Å². The third-order valence-electron chi connectivity index (χ3n) is 4.01. The van der Waals surface area contributed by atoms with E-state index in [9.17, 15) is 4.79 Å². The Balaban J connectivity index is 1.45. The fourth-order valence-corrected chi connectivity index (χ4v) is 2.97. The van der Waals surface area contributed by atoms with Crippen molar-refractivity contribution in [3.05, 3.63) is 34.9 Å². The lowest BCUT2D eigenvalue weighted by Gasteiger charge is -2.48.